The van der Waals surface area contributed by atoms with Crippen LogP contribution >= 0.6 is 15.9 Å². The number of amides is 1. The van der Waals surface area contributed by atoms with Crippen molar-refractivity contribution in [3.63, 3.8) is 0 Å². The maximum absolute atomic E-state index is 12.2. The number of hydrogen-bond acceptors (Lipinski definition) is 3. The number of morpholine rings is 1. The molecule has 0 bridgehead atoms. The summed E-state index contributed by atoms with van der Waals surface area (Å²) < 4.78 is 6.23. The number of hydrogen-bond donors (Lipinski definition) is 2. The Kier molecular flexibility index (Phi) is 4.49. The second kappa shape index (κ2) is 6.54. The minimum absolute atomic E-state index is 0.145. The van der Waals surface area contributed by atoms with Crippen molar-refractivity contribution in [3.8, 4) is 0 Å². The number of carbonyl (C=O) groups is 1. The molecular weight excluding hydrogens is 346 g/mol. The Morgan fingerprint density at radius 1 is 1.32 bits per heavy atom. The zero-order valence-corrected chi connectivity index (χ0v) is 13.9. The van der Waals surface area contributed by atoms with Crippen molar-refractivity contribution in [1.29, 1.82) is 0 Å². The standard InChI is InChI=1S/C16H18BrN3O2/c1-11-8-13(20-4-6-22-7-5-20)2-3-14(11)19-16(21)15-9-12(17)10-18-15/h2-3,8-10,18H,4-7H2,1H3,(H,19,21). The molecule has 3 rings (SSSR count). The number of H-pyrrole nitrogens is 1. The first-order chi connectivity index (χ1) is 10.6. The first-order valence-corrected chi connectivity index (χ1v) is 8.01. The van der Waals surface area contributed by atoms with Gasteiger partial charge in [-0.2, -0.15) is 0 Å². The molecule has 5 nitrogen and oxygen atoms in total. The quantitative estimate of drug-likeness (QED) is 0.880. The Morgan fingerprint density at radius 3 is 2.73 bits per heavy atom. The number of aromatic amines is 1. The van der Waals surface area contributed by atoms with Gasteiger partial charge in [0.1, 0.15) is 5.69 Å². The molecule has 0 unspecified atom stereocenters. The Balaban J connectivity index is 1.73. The lowest BCUT2D eigenvalue weighted by atomic mass is 10.1. The molecule has 22 heavy (non-hydrogen) atoms. The Labute approximate surface area is 137 Å². The number of halogens is 1. The van der Waals surface area contributed by atoms with E-state index in [9.17, 15) is 4.79 Å². The number of rotatable bonds is 3. The van der Waals surface area contributed by atoms with Crippen LogP contribution in [0, 0.1) is 6.92 Å². The molecule has 1 amide bonds. The Bertz CT molecular complexity index is 678. The van der Waals surface area contributed by atoms with E-state index in [0.29, 0.717) is 5.69 Å². The maximum Gasteiger partial charge on any atom is 0.272 e. The second-order valence-corrected chi connectivity index (χ2v) is 6.20. The Morgan fingerprint density at radius 2 is 2.09 bits per heavy atom. The number of nitrogens with one attached hydrogen (secondary N) is 2. The predicted molar refractivity (Wildman–Crippen MR) is 90.7 cm³/mol. The molecule has 1 aliphatic rings. The monoisotopic (exact) mass is 363 g/mol. The molecule has 1 fully saturated rings. The second-order valence-electron chi connectivity index (χ2n) is 5.28. The fourth-order valence-corrected chi connectivity index (χ4v) is 2.84. The largest absolute Gasteiger partial charge is 0.378 e. The molecular formula is C16H18BrN3O2. The van der Waals surface area contributed by atoms with E-state index < -0.39 is 0 Å². The van der Waals surface area contributed by atoms with Crippen LogP contribution in [0.2, 0.25) is 0 Å². The Hall–Kier alpha value is -1.79. The summed E-state index contributed by atoms with van der Waals surface area (Å²) in [5.41, 5.74) is 3.57. The summed E-state index contributed by atoms with van der Waals surface area (Å²) in [7, 11) is 0. The smallest absolute Gasteiger partial charge is 0.272 e. The molecule has 2 heterocycles. The van der Waals surface area contributed by atoms with Gasteiger partial charge in [-0.3, -0.25) is 4.79 Å². The molecule has 116 valence electrons. The lowest BCUT2D eigenvalue weighted by Gasteiger charge is -2.29. The first kappa shape index (κ1) is 15.1. The fraction of sp³-hybridized carbons (Fsp3) is 0.312. The van der Waals surface area contributed by atoms with Gasteiger partial charge in [0.05, 0.1) is 13.2 Å². The third-order valence-corrected chi connectivity index (χ3v) is 4.18. The van der Waals surface area contributed by atoms with Crippen molar-refractivity contribution in [2.45, 2.75) is 6.92 Å². The van der Waals surface area contributed by atoms with Crippen LogP contribution in [-0.4, -0.2) is 37.2 Å². The van der Waals surface area contributed by atoms with Crippen LogP contribution in [0.1, 0.15) is 16.1 Å². The molecule has 1 aromatic heterocycles. The number of ether oxygens (including phenoxy) is 1. The van der Waals surface area contributed by atoms with Gasteiger partial charge >= 0.3 is 0 Å². The number of benzene rings is 1. The van der Waals surface area contributed by atoms with E-state index in [0.717, 1.165) is 42.0 Å². The van der Waals surface area contributed by atoms with Crippen LogP contribution in [0.4, 0.5) is 11.4 Å². The lowest BCUT2D eigenvalue weighted by Crippen LogP contribution is -2.36. The van der Waals surface area contributed by atoms with Gasteiger partial charge in [-0.25, -0.2) is 0 Å². The van der Waals surface area contributed by atoms with E-state index >= 15 is 0 Å². The van der Waals surface area contributed by atoms with E-state index in [1.165, 1.54) is 5.69 Å². The van der Waals surface area contributed by atoms with Crippen LogP contribution in [0.25, 0.3) is 0 Å². The number of nitrogens with zero attached hydrogens (tertiary/aromatic N) is 1. The predicted octanol–water partition coefficient (Wildman–Crippen LogP) is 3.17. The molecule has 0 saturated carbocycles. The molecule has 1 aromatic carbocycles. The molecule has 1 saturated heterocycles. The van der Waals surface area contributed by atoms with E-state index in [-0.39, 0.29) is 5.91 Å². The van der Waals surface area contributed by atoms with E-state index in [1.54, 1.807) is 12.3 Å². The minimum atomic E-state index is -0.145. The fourth-order valence-electron chi connectivity index (χ4n) is 2.50. The zero-order valence-electron chi connectivity index (χ0n) is 12.4. The van der Waals surface area contributed by atoms with Crippen LogP contribution < -0.4 is 10.2 Å². The van der Waals surface area contributed by atoms with Crippen LogP contribution in [-0.2, 0) is 4.74 Å². The number of aromatic nitrogens is 1. The van der Waals surface area contributed by atoms with Crippen molar-refractivity contribution in [2.75, 3.05) is 36.5 Å². The zero-order chi connectivity index (χ0) is 15.5. The van der Waals surface area contributed by atoms with Crippen molar-refractivity contribution in [1.82, 2.24) is 4.98 Å². The lowest BCUT2D eigenvalue weighted by molar-refractivity contribution is 0.102. The summed E-state index contributed by atoms with van der Waals surface area (Å²) in [5, 5.41) is 2.94. The van der Waals surface area contributed by atoms with Crippen molar-refractivity contribution >= 4 is 33.2 Å². The van der Waals surface area contributed by atoms with Gasteiger partial charge in [-0.15, -0.1) is 0 Å². The average Bonchev–Trinajstić information content (AvgIpc) is 2.97. The average molecular weight is 364 g/mol. The van der Waals surface area contributed by atoms with Gasteiger partial charge < -0.3 is 19.9 Å². The molecule has 2 aromatic rings. The van der Waals surface area contributed by atoms with Gasteiger partial charge in [0.2, 0.25) is 0 Å². The third-order valence-electron chi connectivity index (χ3n) is 3.73. The first-order valence-electron chi connectivity index (χ1n) is 7.22. The van der Waals surface area contributed by atoms with Crippen molar-refractivity contribution in [2.24, 2.45) is 0 Å². The van der Waals surface area contributed by atoms with Gasteiger partial charge in [-0.1, -0.05) is 0 Å². The molecule has 0 radical (unpaired) electrons. The van der Waals surface area contributed by atoms with Crippen LogP contribution in [0.15, 0.2) is 34.9 Å². The highest BCUT2D eigenvalue weighted by Gasteiger charge is 2.14. The summed E-state index contributed by atoms with van der Waals surface area (Å²) in [6.45, 7) is 5.34. The van der Waals surface area contributed by atoms with Gasteiger partial charge in [0.25, 0.3) is 5.91 Å². The molecule has 0 aliphatic carbocycles. The van der Waals surface area contributed by atoms with Crippen molar-refractivity contribution in [3.05, 3.63) is 46.2 Å². The molecule has 1 aliphatic heterocycles. The highest BCUT2D eigenvalue weighted by molar-refractivity contribution is 9.10. The molecule has 6 heteroatoms. The maximum atomic E-state index is 12.2. The highest BCUT2D eigenvalue weighted by atomic mass is 79.9. The summed E-state index contributed by atoms with van der Waals surface area (Å²) in [6, 6.07) is 7.85. The summed E-state index contributed by atoms with van der Waals surface area (Å²) >= 11 is 3.33. The van der Waals surface area contributed by atoms with Gasteiger partial charge in [-0.05, 0) is 52.7 Å². The molecule has 0 atom stereocenters. The van der Waals surface area contributed by atoms with Crippen LogP contribution in [0.5, 0.6) is 0 Å². The summed E-state index contributed by atoms with van der Waals surface area (Å²) in [5.74, 6) is -0.145. The number of anilines is 2. The number of carbonyl (C=O) groups excluding carboxylic acids is 1. The number of aryl methyl sites for hydroxylation is 1. The van der Waals surface area contributed by atoms with Gasteiger partial charge in [0.15, 0.2) is 0 Å². The third kappa shape index (κ3) is 3.34. The van der Waals surface area contributed by atoms with Gasteiger partial charge in [0, 0.05) is 35.1 Å². The summed E-state index contributed by atoms with van der Waals surface area (Å²) in [6.07, 6.45) is 1.74. The van der Waals surface area contributed by atoms with E-state index in [2.05, 4.69) is 37.2 Å². The SMILES string of the molecule is Cc1cc(N2CCOCC2)ccc1NC(=O)c1cc(Br)c[nH]1. The molecule has 2 N–H and O–H groups in total. The summed E-state index contributed by atoms with van der Waals surface area (Å²) in [4.78, 5) is 17.4. The normalized spacial score (nSPS) is 14.9. The van der Waals surface area contributed by atoms with Crippen LogP contribution in [0.3, 0.4) is 0 Å². The van der Waals surface area contributed by atoms with E-state index in [1.807, 2.05) is 19.1 Å². The molecule has 0 spiro atoms. The minimum Gasteiger partial charge on any atom is -0.378 e. The van der Waals surface area contributed by atoms with Crippen molar-refractivity contribution < 1.29 is 9.53 Å². The topological polar surface area (TPSA) is 57.4 Å². The highest BCUT2D eigenvalue weighted by Crippen LogP contribution is 2.24. The van der Waals surface area contributed by atoms with E-state index in [4.69, 9.17) is 4.74 Å².